The summed E-state index contributed by atoms with van der Waals surface area (Å²) >= 11 is 0. The molecular weight excluding hydrogens is 240 g/mol. The van der Waals surface area contributed by atoms with Gasteiger partial charge in [-0.2, -0.15) is 0 Å². The third-order valence-corrected chi connectivity index (χ3v) is 2.58. The number of pyridine rings is 1. The van der Waals surface area contributed by atoms with Gasteiger partial charge in [-0.3, -0.25) is 15.1 Å². The monoisotopic (exact) mass is 254 g/mol. The number of ether oxygens (including phenoxy) is 1. The lowest BCUT2D eigenvalue weighted by Gasteiger charge is -2.10. The van der Waals surface area contributed by atoms with Crippen LogP contribution < -0.4 is 0 Å². The molecule has 0 aromatic carbocycles. The summed E-state index contributed by atoms with van der Waals surface area (Å²) < 4.78 is 5.06. The number of aryl methyl sites for hydroxylation is 1. The molecule has 1 rings (SSSR count). The zero-order valence-electron chi connectivity index (χ0n) is 10.3. The molecule has 7 nitrogen and oxygen atoms in total. The van der Waals surface area contributed by atoms with Crippen LogP contribution in [0.3, 0.4) is 0 Å². The van der Waals surface area contributed by atoms with Gasteiger partial charge in [-0.15, -0.1) is 0 Å². The minimum Gasteiger partial charge on any atom is -0.479 e. The maximum Gasteiger partial charge on any atom is 0.332 e. The number of hydrogen-bond acceptors (Lipinski definition) is 5. The van der Waals surface area contributed by atoms with Gasteiger partial charge in [0, 0.05) is 11.8 Å². The van der Waals surface area contributed by atoms with Gasteiger partial charge in [-0.05, 0) is 20.8 Å². The van der Waals surface area contributed by atoms with E-state index in [4.69, 9.17) is 9.84 Å². The molecular formula is C11H14N2O5. The number of aromatic nitrogens is 1. The Bertz CT molecular complexity index is 487. The SMILES string of the molecule is Cc1cnc(COC(C)C(=O)O)c(C)c1[N+](=O)[O-]. The Hall–Kier alpha value is -2.02. The average molecular weight is 254 g/mol. The zero-order valence-corrected chi connectivity index (χ0v) is 10.3. The van der Waals surface area contributed by atoms with E-state index in [9.17, 15) is 14.9 Å². The molecule has 1 heterocycles. The number of carboxylic acids is 1. The number of hydrogen-bond donors (Lipinski definition) is 1. The molecule has 0 aliphatic heterocycles. The van der Waals surface area contributed by atoms with Crippen LogP contribution in [-0.2, 0) is 16.1 Å². The predicted molar refractivity (Wildman–Crippen MR) is 62.3 cm³/mol. The van der Waals surface area contributed by atoms with Crippen LogP contribution in [0.2, 0.25) is 0 Å². The van der Waals surface area contributed by atoms with E-state index in [1.54, 1.807) is 13.8 Å². The second-order valence-electron chi connectivity index (χ2n) is 3.91. The smallest absolute Gasteiger partial charge is 0.332 e. The molecule has 18 heavy (non-hydrogen) atoms. The second-order valence-corrected chi connectivity index (χ2v) is 3.91. The molecule has 7 heteroatoms. The van der Waals surface area contributed by atoms with Crippen molar-refractivity contribution in [3.05, 3.63) is 33.1 Å². The van der Waals surface area contributed by atoms with Crippen molar-refractivity contribution >= 4 is 11.7 Å². The van der Waals surface area contributed by atoms with E-state index < -0.39 is 17.0 Å². The van der Waals surface area contributed by atoms with Crippen molar-refractivity contribution in [2.75, 3.05) is 0 Å². The first-order valence-electron chi connectivity index (χ1n) is 5.28. The van der Waals surface area contributed by atoms with Crippen molar-refractivity contribution in [1.29, 1.82) is 0 Å². The molecule has 1 unspecified atom stereocenters. The van der Waals surface area contributed by atoms with Gasteiger partial charge >= 0.3 is 5.97 Å². The summed E-state index contributed by atoms with van der Waals surface area (Å²) in [6.45, 7) is 4.49. The number of nitrogens with zero attached hydrogens (tertiary/aromatic N) is 2. The van der Waals surface area contributed by atoms with E-state index in [1.165, 1.54) is 13.1 Å². The van der Waals surface area contributed by atoms with Crippen LogP contribution in [0, 0.1) is 24.0 Å². The molecule has 0 fully saturated rings. The molecule has 1 aromatic heterocycles. The topological polar surface area (TPSA) is 103 Å². The van der Waals surface area contributed by atoms with Crippen LogP contribution in [0.15, 0.2) is 6.20 Å². The van der Waals surface area contributed by atoms with E-state index in [1.807, 2.05) is 0 Å². The first kappa shape index (κ1) is 14.0. The Labute approximate surface area is 104 Å². The lowest BCUT2D eigenvalue weighted by Crippen LogP contribution is -2.20. The summed E-state index contributed by atoms with van der Waals surface area (Å²) in [5.41, 5.74) is 1.23. The Morgan fingerprint density at radius 2 is 2.22 bits per heavy atom. The van der Waals surface area contributed by atoms with Crippen LogP contribution in [-0.4, -0.2) is 27.1 Å². The van der Waals surface area contributed by atoms with Gasteiger partial charge in [0.2, 0.25) is 0 Å². The van der Waals surface area contributed by atoms with E-state index in [0.29, 0.717) is 16.8 Å². The quantitative estimate of drug-likeness (QED) is 0.632. The number of carboxylic acid groups (broad SMARTS) is 1. The summed E-state index contributed by atoms with van der Waals surface area (Å²) in [6.07, 6.45) is 0.404. The van der Waals surface area contributed by atoms with Crippen molar-refractivity contribution in [1.82, 2.24) is 4.98 Å². The largest absolute Gasteiger partial charge is 0.479 e. The fourth-order valence-electron chi connectivity index (χ4n) is 1.47. The van der Waals surface area contributed by atoms with Crippen LogP contribution in [0.5, 0.6) is 0 Å². The first-order chi connectivity index (χ1) is 8.34. The zero-order chi connectivity index (χ0) is 13.9. The molecule has 1 atom stereocenters. The highest BCUT2D eigenvalue weighted by Crippen LogP contribution is 2.24. The van der Waals surface area contributed by atoms with Gasteiger partial charge in [-0.1, -0.05) is 0 Å². The normalized spacial score (nSPS) is 12.2. The third kappa shape index (κ3) is 3.01. The van der Waals surface area contributed by atoms with Gasteiger partial charge in [0.25, 0.3) is 5.69 Å². The predicted octanol–water partition coefficient (Wildman–Crippen LogP) is 1.60. The maximum atomic E-state index is 10.9. The van der Waals surface area contributed by atoms with Gasteiger partial charge in [0.15, 0.2) is 6.10 Å². The van der Waals surface area contributed by atoms with Crippen LogP contribution >= 0.6 is 0 Å². The molecule has 1 N–H and O–H groups in total. The Balaban J connectivity index is 2.95. The van der Waals surface area contributed by atoms with Gasteiger partial charge < -0.3 is 9.84 Å². The number of rotatable bonds is 5. The highest BCUT2D eigenvalue weighted by atomic mass is 16.6. The van der Waals surface area contributed by atoms with Crippen molar-refractivity contribution in [3.63, 3.8) is 0 Å². The molecule has 0 aliphatic carbocycles. The van der Waals surface area contributed by atoms with E-state index >= 15 is 0 Å². The molecule has 0 radical (unpaired) electrons. The Kier molecular flexibility index (Phi) is 4.33. The number of nitro groups is 1. The molecule has 1 aromatic rings. The molecule has 0 aliphatic rings. The highest BCUT2D eigenvalue weighted by Gasteiger charge is 2.20. The van der Waals surface area contributed by atoms with Crippen LogP contribution in [0.1, 0.15) is 23.7 Å². The third-order valence-electron chi connectivity index (χ3n) is 2.58. The fraction of sp³-hybridized carbons (Fsp3) is 0.455. The molecule has 0 spiro atoms. The maximum absolute atomic E-state index is 10.9. The Morgan fingerprint density at radius 3 is 2.72 bits per heavy atom. The number of carbonyl (C=O) groups is 1. The molecule has 0 amide bonds. The summed E-state index contributed by atoms with van der Waals surface area (Å²) in [5.74, 6) is -1.09. The van der Waals surface area contributed by atoms with Crippen molar-refractivity contribution in [2.24, 2.45) is 0 Å². The number of aliphatic carboxylic acids is 1. The van der Waals surface area contributed by atoms with E-state index in [0.717, 1.165) is 0 Å². The molecule has 0 bridgehead atoms. The first-order valence-corrected chi connectivity index (χ1v) is 5.28. The average Bonchev–Trinajstić information content (AvgIpc) is 2.27. The summed E-state index contributed by atoms with van der Waals surface area (Å²) in [5, 5.41) is 19.5. The fourth-order valence-corrected chi connectivity index (χ4v) is 1.47. The van der Waals surface area contributed by atoms with E-state index in [2.05, 4.69) is 4.98 Å². The molecule has 98 valence electrons. The minimum absolute atomic E-state index is 0.00780. The molecule has 0 saturated carbocycles. The van der Waals surface area contributed by atoms with Crippen LogP contribution in [0.25, 0.3) is 0 Å². The van der Waals surface area contributed by atoms with Gasteiger partial charge in [0.05, 0.1) is 22.8 Å². The lowest BCUT2D eigenvalue weighted by molar-refractivity contribution is -0.386. The van der Waals surface area contributed by atoms with Gasteiger partial charge in [0.1, 0.15) is 0 Å². The van der Waals surface area contributed by atoms with E-state index in [-0.39, 0.29) is 12.3 Å². The van der Waals surface area contributed by atoms with Crippen molar-refractivity contribution in [2.45, 2.75) is 33.5 Å². The highest BCUT2D eigenvalue weighted by molar-refractivity contribution is 5.71. The minimum atomic E-state index is -1.09. The molecule has 0 saturated heterocycles. The van der Waals surface area contributed by atoms with Crippen molar-refractivity contribution in [3.8, 4) is 0 Å². The summed E-state index contributed by atoms with van der Waals surface area (Å²) in [7, 11) is 0. The van der Waals surface area contributed by atoms with Gasteiger partial charge in [-0.25, -0.2) is 4.79 Å². The standard InChI is InChI=1S/C11H14N2O5/c1-6-4-12-9(5-18-8(3)11(14)15)7(2)10(6)13(16)17/h4,8H,5H2,1-3H3,(H,14,15). The van der Waals surface area contributed by atoms with Crippen LogP contribution in [0.4, 0.5) is 5.69 Å². The second kappa shape index (κ2) is 5.54. The lowest BCUT2D eigenvalue weighted by atomic mass is 10.1. The summed E-state index contributed by atoms with van der Waals surface area (Å²) in [6, 6.07) is 0. The summed E-state index contributed by atoms with van der Waals surface area (Å²) in [4.78, 5) is 25.0. The van der Waals surface area contributed by atoms with Crippen molar-refractivity contribution < 1.29 is 19.6 Å². The Morgan fingerprint density at radius 1 is 1.61 bits per heavy atom.